The predicted octanol–water partition coefficient (Wildman–Crippen LogP) is 1.78. The molecule has 100 valence electrons. The highest BCUT2D eigenvalue weighted by Crippen LogP contribution is 2.17. The number of hydrogen-bond donors (Lipinski definition) is 2. The van der Waals surface area contributed by atoms with Gasteiger partial charge in [0.1, 0.15) is 0 Å². The van der Waals surface area contributed by atoms with Crippen molar-refractivity contribution in [3.63, 3.8) is 0 Å². The monoisotopic (exact) mass is 260 g/mol. The summed E-state index contributed by atoms with van der Waals surface area (Å²) in [6, 6.07) is 0.271. The van der Waals surface area contributed by atoms with E-state index in [0.29, 0.717) is 12.6 Å². The van der Waals surface area contributed by atoms with E-state index in [1.165, 1.54) is 19.3 Å². The molecule has 1 aliphatic carbocycles. The van der Waals surface area contributed by atoms with Crippen molar-refractivity contribution in [1.29, 1.82) is 0 Å². The number of hydrogen-bond acceptors (Lipinski definition) is 2. The summed E-state index contributed by atoms with van der Waals surface area (Å²) in [6.07, 6.45) is 8.40. The van der Waals surface area contributed by atoms with Crippen LogP contribution in [0.15, 0.2) is 0 Å². The molecule has 2 atom stereocenters. The van der Waals surface area contributed by atoms with Gasteiger partial charge in [-0.2, -0.15) is 0 Å². The topological polar surface area (TPSA) is 58.2 Å². The standard InChI is InChI=1S/C12H24N2O2S/c1-10(17(2)16)8-9-13-12(15)14-11-6-4-3-5-7-11/h10-11H,3-9H2,1-2H3,(H2,13,14,15). The average molecular weight is 260 g/mol. The highest BCUT2D eigenvalue weighted by atomic mass is 32.2. The van der Waals surface area contributed by atoms with Gasteiger partial charge in [-0.25, -0.2) is 4.79 Å². The van der Waals surface area contributed by atoms with Gasteiger partial charge in [0.15, 0.2) is 0 Å². The first-order valence-corrected chi connectivity index (χ1v) is 8.08. The summed E-state index contributed by atoms with van der Waals surface area (Å²) in [7, 11) is -0.803. The number of amides is 2. The van der Waals surface area contributed by atoms with Crippen molar-refractivity contribution in [1.82, 2.24) is 10.6 Å². The van der Waals surface area contributed by atoms with Crippen molar-refractivity contribution in [3.05, 3.63) is 0 Å². The Morgan fingerprint density at radius 3 is 2.59 bits per heavy atom. The second-order valence-electron chi connectivity index (χ2n) is 4.83. The van der Waals surface area contributed by atoms with Crippen molar-refractivity contribution in [2.45, 2.75) is 56.7 Å². The molecule has 0 aliphatic heterocycles. The Kier molecular flexibility index (Phi) is 6.55. The molecule has 2 unspecified atom stereocenters. The molecular weight excluding hydrogens is 236 g/mol. The predicted molar refractivity (Wildman–Crippen MR) is 71.6 cm³/mol. The highest BCUT2D eigenvalue weighted by Gasteiger charge is 2.15. The maximum absolute atomic E-state index is 11.6. The lowest BCUT2D eigenvalue weighted by molar-refractivity contribution is 0.232. The molecule has 4 nitrogen and oxygen atoms in total. The van der Waals surface area contributed by atoms with E-state index in [2.05, 4.69) is 10.6 Å². The molecule has 1 rings (SSSR count). The zero-order valence-electron chi connectivity index (χ0n) is 10.8. The Labute approximate surface area is 106 Å². The Morgan fingerprint density at radius 2 is 2.00 bits per heavy atom. The molecule has 1 aliphatic rings. The Balaban J connectivity index is 2.10. The van der Waals surface area contributed by atoms with E-state index in [4.69, 9.17) is 0 Å². The van der Waals surface area contributed by atoms with Gasteiger partial charge in [0, 0.05) is 34.9 Å². The van der Waals surface area contributed by atoms with Crippen LogP contribution in [0.2, 0.25) is 0 Å². The third kappa shape index (κ3) is 6.05. The minimum atomic E-state index is -0.803. The summed E-state index contributed by atoms with van der Waals surface area (Å²) in [5.41, 5.74) is 0. The van der Waals surface area contributed by atoms with Crippen LogP contribution in [0.5, 0.6) is 0 Å². The van der Waals surface area contributed by atoms with Gasteiger partial charge in [-0.05, 0) is 19.3 Å². The van der Waals surface area contributed by atoms with Gasteiger partial charge in [0.05, 0.1) is 0 Å². The Bertz CT molecular complexity index is 265. The van der Waals surface area contributed by atoms with E-state index in [0.717, 1.165) is 19.3 Å². The van der Waals surface area contributed by atoms with Gasteiger partial charge in [-0.1, -0.05) is 26.2 Å². The molecule has 0 saturated heterocycles. The normalized spacial score (nSPS) is 20.6. The van der Waals surface area contributed by atoms with Gasteiger partial charge in [-0.3, -0.25) is 4.21 Å². The summed E-state index contributed by atoms with van der Waals surface area (Å²) in [6.45, 7) is 2.54. The maximum Gasteiger partial charge on any atom is 0.315 e. The summed E-state index contributed by atoms with van der Waals surface area (Å²) in [4.78, 5) is 11.6. The van der Waals surface area contributed by atoms with Crippen LogP contribution in [0.4, 0.5) is 4.79 Å². The molecule has 0 heterocycles. The molecule has 0 bridgehead atoms. The van der Waals surface area contributed by atoms with Crippen LogP contribution >= 0.6 is 0 Å². The van der Waals surface area contributed by atoms with E-state index in [9.17, 15) is 9.00 Å². The van der Waals surface area contributed by atoms with E-state index in [1.807, 2.05) is 6.92 Å². The third-order valence-corrected chi connectivity index (χ3v) is 4.71. The van der Waals surface area contributed by atoms with Crippen molar-refractivity contribution in [2.75, 3.05) is 12.8 Å². The Morgan fingerprint density at radius 1 is 1.35 bits per heavy atom. The SMILES string of the molecule is CC(CCNC(=O)NC1CCCCC1)S(C)=O. The quantitative estimate of drug-likeness (QED) is 0.791. The van der Waals surface area contributed by atoms with Gasteiger partial charge >= 0.3 is 6.03 Å². The molecule has 1 fully saturated rings. The summed E-state index contributed by atoms with van der Waals surface area (Å²) >= 11 is 0. The third-order valence-electron chi connectivity index (χ3n) is 3.34. The fourth-order valence-corrected chi connectivity index (χ4v) is 2.49. The number of carbonyl (C=O) groups excluding carboxylic acids is 1. The number of rotatable bonds is 5. The van der Waals surface area contributed by atoms with Gasteiger partial charge in [-0.15, -0.1) is 0 Å². The second-order valence-corrected chi connectivity index (χ2v) is 6.63. The van der Waals surface area contributed by atoms with Crippen LogP contribution in [0.1, 0.15) is 45.4 Å². The molecule has 2 amide bonds. The first kappa shape index (κ1) is 14.5. The van der Waals surface area contributed by atoms with Crippen LogP contribution in [0.25, 0.3) is 0 Å². The van der Waals surface area contributed by atoms with Gasteiger partial charge in [0.2, 0.25) is 0 Å². The van der Waals surface area contributed by atoms with Crippen LogP contribution in [-0.2, 0) is 10.8 Å². The lowest BCUT2D eigenvalue weighted by Crippen LogP contribution is -2.43. The van der Waals surface area contributed by atoms with Crippen LogP contribution < -0.4 is 10.6 Å². The molecule has 0 spiro atoms. The van der Waals surface area contributed by atoms with Crippen molar-refractivity contribution in [3.8, 4) is 0 Å². The smallest absolute Gasteiger partial charge is 0.315 e. The lowest BCUT2D eigenvalue weighted by Gasteiger charge is -2.23. The van der Waals surface area contributed by atoms with E-state index >= 15 is 0 Å². The summed E-state index contributed by atoms with van der Waals surface area (Å²) in [5, 5.41) is 5.97. The van der Waals surface area contributed by atoms with Crippen LogP contribution in [0.3, 0.4) is 0 Å². The zero-order chi connectivity index (χ0) is 12.7. The van der Waals surface area contributed by atoms with Crippen LogP contribution in [-0.4, -0.2) is 34.3 Å². The fourth-order valence-electron chi connectivity index (χ4n) is 2.04. The number of nitrogens with one attached hydrogen (secondary N) is 2. The van der Waals surface area contributed by atoms with E-state index in [1.54, 1.807) is 6.26 Å². The molecular formula is C12H24N2O2S. The molecule has 0 aromatic heterocycles. The second kappa shape index (κ2) is 7.69. The van der Waals surface area contributed by atoms with Crippen molar-refractivity contribution in [2.24, 2.45) is 0 Å². The maximum atomic E-state index is 11.6. The average Bonchev–Trinajstić information content (AvgIpc) is 2.30. The highest BCUT2D eigenvalue weighted by molar-refractivity contribution is 7.84. The first-order valence-electron chi connectivity index (χ1n) is 6.46. The van der Waals surface area contributed by atoms with E-state index in [-0.39, 0.29) is 11.3 Å². The van der Waals surface area contributed by atoms with Crippen molar-refractivity contribution >= 4 is 16.8 Å². The molecule has 0 aromatic rings. The molecule has 17 heavy (non-hydrogen) atoms. The summed E-state index contributed by atoms with van der Waals surface area (Å²) in [5.74, 6) is 0. The van der Waals surface area contributed by atoms with E-state index < -0.39 is 10.8 Å². The molecule has 0 radical (unpaired) electrons. The van der Waals surface area contributed by atoms with Gasteiger partial charge < -0.3 is 10.6 Å². The van der Waals surface area contributed by atoms with Crippen molar-refractivity contribution < 1.29 is 9.00 Å². The van der Waals surface area contributed by atoms with Crippen LogP contribution in [0, 0.1) is 0 Å². The number of urea groups is 1. The Hall–Kier alpha value is -0.580. The minimum Gasteiger partial charge on any atom is -0.338 e. The first-order chi connectivity index (χ1) is 8.09. The zero-order valence-corrected chi connectivity index (χ0v) is 11.6. The van der Waals surface area contributed by atoms with Gasteiger partial charge in [0.25, 0.3) is 0 Å². The molecule has 2 N–H and O–H groups in total. The molecule has 5 heteroatoms. The summed E-state index contributed by atoms with van der Waals surface area (Å²) < 4.78 is 11.1. The largest absolute Gasteiger partial charge is 0.338 e. The minimum absolute atomic E-state index is 0.0778. The fraction of sp³-hybridized carbons (Fsp3) is 0.917. The number of carbonyl (C=O) groups is 1. The molecule has 0 aromatic carbocycles. The molecule has 1 saturated carbocycles. The lowest BCUT2D eigenvalue weighted by atomic mass is 9.96.